The maximum atomic E-state index is 12.4. The SMILES string of the molecule is Cc1cnc(N2CCN(C(=O)c3ccccc3)CC2)c(C)n1. The third kappa shape index (κ3) is 2.93. The summed E-state index contributed by atoms with van der Waals surface area (Å²) in [7, 11) is 0. The van der Waals surface area contributed by atoms with Crippen LogP contribution >= 0.6 is 0 Å². The van der Waals surface area contributed by atoms with Crippen molar-refractivity contribution in [2.45, 2.75) is 13.8 Å². The van der Waals surface area contributed by atoms with E-state index in [0.717, 1.165) is 35.9 Å². The van der Waals surface area contributed by atoms with Gasteiger partial charge in [0.25, 0.3) is 5.91 Å². The number of hydrogen-bond acceptors (Lipinski definition) is 4. The molecule has 1 aliphatic heterocycles. The molecule has 22 heavy (non-hydrogen) atoms. The van der Waals surface area contributed by atoms with Gasteiger partial charge in [-0.2, -0.15) is 0 Å². The number of benzene rings is 1. The van der Waals surface area contributed by atoms with Crippen molar-refractivity contribution in [1.29, 1.82) is 0 Å². The fourth-order valence-electron chi connectivity index (χ4n) is 2.79. The van der Waals surface area contributed by atoms with Crippen molar-refractivity contribution in [3.05, 3.63) is 53.5 Å². The fourth-order valence-corrected chi connectivity index (χ4v) is 2.79. The molecule has 2 aromatic rings. The van der Waals surface area contributed by atoms with Gasteiger partial charge >= 0.3 is 0 Å². The Morgan fingerprint density at radius 3 is 2.36 bits per heavy atom. The molecule has 5 nitrogen and oxygen atoms in total. The molecule has 114 valence electrons. The molecule has 0 unspecified atom stereocenters. The Kier molecular flexibility index (Phi) is 4.04. The minimum atomic E-state index is 0.104. The van der Waals surface area contributed by atoms with E-state index in [-0.39, 0.29) is 5.91 Å². The van der Waals surface area contributed by atoms with Gasteiger partial charge in [-0.25, -0.2) is 4.98 Å². The van der Waals surface area contributed by atoms with Crippen molar-refractivity contribution in [3.8, 4) is 0 Å². The molecule has 1 aliphatic rings. The maximum Gasteiger partial charge on any atom is 0.253 e. The van der Waals surface area contributed by atoms with Crippen LogP contribution in [0.1, 0.15) is 21.7 Å². The molecule has 1 saturated heterocycles. The molecule has 3 rings (SSSR count). The monoisotopic (exact) mass is 296 g/mol. The van der Waals surface area contributed by atoms with Gasteiger partial charge < -0.3 is 9.80 Å². The normalized spacial score (nSPS) is 15.0. The predicted molar refractivity (Wildman–Crippen MR) is 86.1 cm³/mol. The molecule has 1 amide bonds. The number of carbonyl (C=O) groups is 1. The van der Waals surface area contributed by atoms with Gasteiger partial charge in [-0.3, -0.25) is 9.78 Å². The van der Waals surface area contributed by atoms with Crippen LogP contribution in [0.2, 0.25) is 0 Å². The van der Waals surface area contributed by atoms with Crippen molar-refractivity contribution < 1.29 is 4.79 Å². The zero-order chi connectivity index (χ0) is 15.5. The van der Waals surface area contributed by atoms with E-state index in [2.05, 4.69) is 14.9 Å². The molecular weight excluding hydrogens is 276 g/mol. The Morgan fingerprint density at radius 1 is 1.05 bits per heavy atom. The van der Waals surface area contributed by atoms with Crippen LogP contribution in [-0.2, 0) is 0 Å². The summed E-state index contributed by atoms with van der Waals surface area (Å²) in [5.74, 6) is 1.03. The third-order valence-electron chi connectivity index (χ3n) is 3.93. The number of aromatic nitrogens is 2. The summed E-state index contributed by atoms with van der Waals surface area (Å²) >= 11 is 0. The molecular formula is C17H20N4O. The topological polar surface area (TPSA) is 49.3 Å². The van der Waals surface area contributed by atoms with Gasteiger partial charge in [-0.1, -0.05) is 18.2 Å². The van der Waals surface area contributed by atoms with Gasteiger partial charge in [0.2, 0.25) is 0 Å². The van der Waals surface area contributed by atoms with Crippen LogP contribution < -0.4 is 4.90 Å². The molecule has 1 aromatic carbocycles. The number of piperazine rings is 1. The first-order valence-corrected chi connectivity index (χ1v) is 7.54. The predicted octanol–water partition coefficient (Wildman–Crippen LogP) is 2.06. The Hall–Kier alpha value is -2.43. The Morgan fingerprint density at radius 2 is 1.73 bits per heavy atom. The number of hydrogen-bond donors (Lipinski definition) is 0. The van der Waals surface area contributed by atoms with Crippen LogP contribution in [0.15, 0.2) is 36.5 Å². The van der Waals surface area contributed by atoms with E-state index >= 15 is 0 Å². The van der Waals surface area contributed by atoms with Crippen LogP contribution in [0.3, 0.4) is 0 Å². The molecule has 0 spiro atoms. The van der Waals surface area contributed by atoms with E-state index in [9.17, 15) is 4.79 Å². The van der Waals surface area contributed by atoms with Gasteiger partial charge in [0.1, 0.15) is 5.82 Å². The van der Waals surface area contributed by atoms with Crippen LogP contribution in [0.25, 0.3) is 0 Å². The number of rotatable bonds is 2. The van der Waals surface area contributed by atoms with E-state index in [1.54, 1.807) is 6.20 Å². The lowest BCUT2D eigenvalue weighted by Crippen LogP contribution is -2.49. The maximum absolute atomic E-state index is 12.4. The summed E-state index contributed by atoms with van der Waals surface area (Å²) in [5, 5.41) is 0. The van der Waals surface area contributed by atoms with E-state index in [0.29, 0.717) is 13.1 Å². The second kappa shape index (κ2) is 6.13. The number of nitrogens with zero attached hydrogens (tertiary/aromatic N) is 4. The average molecular weight is 296 g/mol. The zero-order valence-corrected chi connectivity index (χ0v) is 13.0. The van der Waals surface area contributed by atoms with Crippen LogP contribution in [0, 0.1) is 13.8 Å². The Bertz CT molecular complexity index is 664. The van der Waals surface area contributed by atoms with Crippen molar-refractivity contribution in [2.75, 3.05) is 31.1 Å². The van der Waals surface area contributed by atoms with Crippen molar-refractivity contribution in [2.24, 2.45) is 0 Å². The highest BCUT2D eigenvalue weighted by molar-refractivity contribution is 5.94. The van der Waals surface area contributed by atoms with Gasteiger partial charge in [0.05, 0.1) is 17.6 Å². The van der Waals surface area contributed by atoms with Gasteiger partial charge in [-0.15, -0.1) is 0 Å². The number of amides is 1. The Labute approximate surface area is 130 Å². The number of carbonyl (C=O) groups excluding carboxylic acids is 1. The second-order valence-corrected chi connectivity index (χ2v) is 5.57. The molecule has 0 radical (unpaired) electrons. The minimum Gasteiger partial charge on any atom is -0.352 e. The van der Waals surface area contributed by atoms with Crippen molar-refractivity contribution in [1.82, 2.24) is 14.9 Å². The summed E-state index contributed by atoms with van der Waals surface area (Å²) in [4.78, 5) is 25.5. The lowest BCUT2D eigenvalue weighted by molar-refractivity contribution is 0.0746. The number of anilines is 1. The lowest BCUT2D eigenvalue weighted by Gasteiger charge is -2.35. The van der Waals surface area contributed by atoms with Crippen molar-refractivity contribution >= 4 is 11.7 Å². The highest BCUT2D eigenvalue weighted by atomic mass is 16.2. The van der Waals surface area contributed by atoms with Crippen LogP contribution in [0.4, 0.5) is 5.82 Å². The van der Waals surface area contributed by atoms with E-state index in [4.69, 9.17) is 0 Å². The zero-order valence-electron chi connectivity index (χ0n) is 13.0. The lowest BCUT2D eigenvalue weighted by atomic mass is 10.2. The van der Waals surface area contributed by atoms with Crippen LogP contribution in [0.5, 0.6) is 0 Å². The van der Waals surface area contributed by atoms with Crippen molar-refractivity contribution in [3.63, 3.8) is 0 Å². The van der Waals surface area contributed by atoms with Crippen LogP contribution in [-0.4, -0.2) is 47.0 Å². The molecule has 0 atom stereocenters. The van der Waals surface area contributed by atoms with Gasteiger partial charge in [0.15, 0.2) is 0 Å². The molecule has 0 bridgehead atoms. The molecule has 1 aromatic heterocycles. The first-order valence-electron chi connectivity index (χ1n) is 7.54. The second-order valence-electron chi connectivity index (χ2n) is 5.57. The Balaban J connectivity index is 1.66. The molecule has 0 aliphatic carbocycles. The van der Waals surface area contributed by atoms with E-state index in [1.165, 1.54) is 0 Å². The third-order valence-corrected chi connectivity index (χ3v) is 3.93. The number of aryl methyl sites for hydroxylation is 2. The molecule has 5 heteroatoms. The summed E-state index contributed by atoms with van der Waals surface area (Å²) in [6, 6.07) is 9.45. The summed E-state index contributed by atoms with van der Waals surface area (Å²) in [6.07, 6.45) is 1.80. The highest BCUT2D eigenvalue weighted by Crippen LogP contribution is 2.18. The van der Waals surface area contributed by atoms with E-state index in [1.807, 2.05) is 49.1 Å². The molecule has 2 heterocycles. The van der Waals surface area contributed by atoms with Gasteiger partial charge in [0, 0.05) is 31.7 Å². The fraction of sp³-hybridized carbons (Fsp3) is 0.353. The van der Waals surface area contributed by atoms with Gasteiger partial charge in [-0.05, 0) is 26.0 Å². The first-order chi connectivity index (χ1) is 10.6. The minimum absolute atomic E-state index is 0.104. The molecule has 1 fully saturated rings. The molecule has 0 N–H and O–H groups in total. The summed E-state index contributed by atoms with van der Waals surface area (Å²) < 4.78 is 0. The average Bonchev–Trinajstić information content (AvgIpc) is 2.55. The summed E-state index contributed by atoms with van der Waals surface area (Å²) in [5.41, 5.74) is 2.63. The first kappa shape index (κ1) is 14.5. The molecule has 0 saturated carbocycles. The highest BCUT2D eigenvalue weighted by Gasteiger charge is 2.23. The summed E-state index contributed by atoms with van der Waals surface area (Å²) in [6.45, 7) is 6.93. The van der Waals surface area contributed by atoms with E-state index < -0.39 is 0 Å². The quantitative estimate of drug-likeness (QED) is 0.851. The largest absolute Gasteiger partial charge is 0.352 e. The standard InChI is InChI=1S/C17H20N4O/c1-13-12-18-16(14(2)19-13)20-8-10-21(11-9-20)17(22)15-6-4-3-5-7-15/h3-7,12H,8-11H2,1-2H3. The smallest absolute Gasteiger partial charge is 0.253 e.